The molecule has 0 atom stereocenters. The molecule has 22 heavy (non-hydrogen) atoms. The Bertz CT molecular complexity index is 705. The van der Waals surface area contributed by atoms with Crippen LogP contribution >= 0.6 is 34.8 Å². The van der Waals surface area contributed by atoms with Gasteiger partial charge in [-0.3, -0.25) is 4.79 Å². The van der Waals surface area contributed by atoms with Crippen molar-refractivity contribution in [2.75, 3.05) is 6.61 Å². The fourth-order valence-corrected chi connectivity index (χ4v) is 2.06. The zero-order valence-electron chi connectivity index (χ0n) is 11.2. The first-order valence-corrected chi connectivity index (χ1v) is 7.34. The molecular formula is C15H11Cl3N2O2. The number of carbonyl (C=O) groups is 1. The first-order chi connectivity index (χ1) is 10.6. The van der Waals surface area contributed by atoms with Gasteiger partial charge in [-0.1, -0.05) is 59.1 Å². The maximum Gasteiger partial charge on any atom is 0.277 e. The Morgan fingerprint density at radius 3 is 2.59 bits per heavy atom. The second kappa shape index (κ2) is 8.03. The van der Waals surface area contributed by atoms with E-state index in [0.29, 0.717) is 21.4 Å². The predicted octanol–water partition coefficient (Wildman–Crippen LogP) is 4.18. The third kappa shape index (κ3) is 4.63. The number of rotatable bonds is 5. The summed E-state index contributed by atoms with van der Waals surface area (Å²) in [5.41, 5.74) is 3.03. The number of amides is 1. The molecule has 0 spiro atoms. The minimum atomic E-state index is -0.431. The average molecular weight is 358 g/mol. The van der Waals surface area contributed by atoms with Crippen LogP contribution in [0.4, 0.5) is 0 Å². The zero-order valence-corrected chi connectivity index (χ0v) is 13.5. The summed E-state index contributed by atoms with van der Waals surface area (Å²) in [4.78, 5) is 11.6. The first kappa shape index (κ1) is 16.6. The van der Waals surface area contributed by atoms with E-state index < -0.39 is 5.91 Å². The Hall–Kier alpha value is -1.75. The molecule has 0 saturated carbocycles. The van der Waals surface area contributed by atoms with Crippen molar-refractivity contribution in [1.82, 2.24) is 5.43 Å². The molecule has 2 rings (SSSR count). The molecule has 0 bridgehead atoms. The maximum atomic E-state index is 11.6. The third-order valence-corrected chi connectivity index (χ3v) is 3.72. The van der Waals surface area contributed by atoms with Crippen LogP contribution in [-0.2, 0) is 4.79 Å². The van der Waals surface area contributed by atoms with Crippen molar-refractivity contribution >= 4 is 46.9 Å². The van der Waals surface area contributed by atoms with Crippen molar-refractivity contribution in [1.29, 1.82) is 0 Å². The van der Waals surface area contributed by atoms with Gasteiger partial charge >= 0.3 is 0 Å². The highest BCUT2D eigenvalue weighted by atomic mass is 35.5. The number of halogens is 3. The number of benzene rings is 2. The van der Waals surface area contributed by atoms with Crippen molar-refractivity contribution < 1.29 is 9.53 Å². The number of ether oxygens (including phenoxy) is 1. The summed E-state index contributed by atoms with van der Waals surface area (Å²) in [7, 11) is 0. The van der Waals surface area contributed by atoms with Crippen LogP contribution in [0, 0.1) is 0 Å². The molecule has 4 nitrogen and oxygen atoms in total. The number of hydrogen-bond donors (Lipinski definition) is 1. The van der Waals surface area contributed by atoms with E-state index in [9.17, 15) is 4.79 Å². The highest BCUT2D eigenvalue weighted by Gasteiger charge is 2.07. The van der Waals surface area contributed by atoms with Gasteiger partial charge in [0.15, 0.2) is 6.61 Å². The molecule has 0 saturated heterocycles. The van der Waals surface area contributed by atoms with Crippen LogP contribution in [0.25, 0.3) is 0 Å². The van der Waals surface area contributed by atoms with E-state index >= 15 is 0 Å². The third-order valence-electron chi connectivity index (χ3n) is 2.57. The van der Waals surface area contributed by atoms with E-state index in [1.54, 1.807) is 36.4 Å². The van der Waals surface area contributed by atoms with Crippen LogP contribution in [0.3, 0.4) is 0 Å². The first-order valence-electron chi connectivity index (χ1n) is 6.21. The molecule has 0 aliphatic rings. The van der Waals surface area contributed by atoms with Gasteiger partial charge in [-0.05, 0) is 18.2 Å². The van der Waals surface area contributed by atoms with Crippen molar-refractivity contribution in [3.05, 3.63) is 63.1 Å². The maximum absolute atomic E-state index is 11.6. The summed E-state index contributed by atoms with van der Waals surface area (Å²) in [6, 6.07) is 12.1. The largest absolute Gasteiger partial charge is 0.482 e. The highest BCUT2D eigenvalue weighted by molar-refractivity contribution is 6.42. The molecule has 1 amide bonds. The molecule has 0 radical (unpaired) electrons. The molecule has 0 fully saturated rings. The van der Waals surface area contributed by atoms with Crippen LogP contribution in [-0.4, -0.2) is 18.7 Å². The molecule has 0 aromatic heterocycles. The molecule has 0 aliphatic heterocycles. The molecule has 1 N–H and O–H groups in total. The van der Waals surface area contributed by atoms with Crippen molar-refractivity contribution in [2.45, 2.75) is 0 Å². The normalized spacial score (nSPS) is 10.7. The van der Waals surface area contributed by atoms with E-state index in [1.807, 2.05) is 6.07 Å². The van der Waals surface area contributed by atoms with E-state index in [4.69, 9.17) is 39.5 Å². The quantitative estimate of drug-likeness (QED) is 0.645. The van der Waals surface area contributed by atoms with E-state index in [-0.39, 0.29) is 11.6 Å². The van der Waals surface area contributed by atoms with Crippen LogP contribution in [0.15, 0.2) is 47.6 Å². The Balaban J connectivity index is 1.86. The van der Waals surface area contributed by atoms with Gasteiger partial charge in [0.1, 0.15) is 10.8 Å². The van der Waals surface area contributed by atoms with Gasteiger partial charge in [-0.15, -0.1) is 0 Å². The van der Waals surface area contributed by atoms with Gasteiger partial charge in [-0.25, -0.2) is 5.43 Å². The van der Waals surface area contributed by atoms with Crippen molar-refractivity contribution in [3.63, 3.8) is 0 Å². The summed E-state index contributed by atoms with van der Waals surface area (Å²) >= 11 is 17.7. The number of nitrogens with one attached hydrogen (secondary N) is 1. The van der Waals surface area contributed by atoms with Gasteiger partial charge in [0.25, 0.3) is 5.91 Å². The lowest BCUT2D eigenvalue weighted by Gasteiger charge is -2.07. The Morgan fingerprint density at radius 1 is 1.09 bits per heavy atom. The lowest BCUT2D eigenvalue weighted by atomic mass is 10.2. The van der Waals surface area contributed by atoms with Gasteiger partial charge in [0.2, 0.25) is 0 Å². The molecule has 0 heterocycles. The molecule has 2 aromatic carbocycles. The fourth-order valence-electron chi connectivity index (χ4n) is 1.52. The number of hydrazone groups is 1. The molecule has 2 aromatic rings. The van der Waals surface area contributed by atoms with Crippen molar-refractivity contribution in [2.24, 2.45) is 5.10 Å². The van der Waals surface area contributed by atoms with E-state index in [0.717, 1.165) is 0 Å². The second-order valence-corrected chi connectivity index (χ2v) is 5.35. The monoisotopic (exact) mass is 356 g/mol. The lowest BCUT2D eigenvalue weighted by molar-refractivity contribution is -0.123. The standard InChI is InChI=1S/C15H11Cl3N2O2/c16-11-5-2-1-4-10(11)8-19-20-14(21)9-22-13-7-3-6-12(17)15(13)18/h1-8H,9H2,(H,20,21)/b19-8-. The lowest BCUT2D eigenvalue weighted by Crippen LogP contribution is -2.24. The SMILES string of the molecule is O=C(COc1cccc(Cl)c1Cl)N/N=C\c1ccccc1Cl. The summed E-state index contributed by atoms with van der Waals surface area (Å²) in [6.45, 7) is -0.236. The van der Waals surface area contributed by atoms with Crippen LogP contribution in [0.2, 0.25) is 15.1 Å². The van der Waals surface area contributed by atoms with Crippen molar-refractivity contribution in [3.8, 4) is 5.75 Å². The number of carbonyl (C=O) groups excluding carboxylic acids is 1. The van der Waals surface area contributed by atoms with Gasteiger partial charge in [0, 0.05) is 10.6 Å². The summed E-state index contributed by atoms with van der Waals surface area (Å²) < 4.78 is 5.28. The molecule has 0 aliphatic carbocycles. The second-order valence-electron chi connectivity index (χ2n) is 4.16. The summed E-state index contributed by atoms with van der Waals surface area (Å²) in [5.74, 6) is -0.0984. The Labute approximate surface area is 142 Å². The van der Waals surface area contributed by atoms with Crippen LogP contribution < -0.4 is 10.2 Å². The summed E-state index contributed by atoms with van der Waals surface area (Å²) in [5, 5.41) is 4.97. The molecule has 7 heteroatoms. The van der Waals surface area contributed by atoms with E-state index in [2.05, 4.69) is 10.5 Å². The molecule has 0 unspecified atom stereocenters. The molecular weight excluding hydrogens is 347 g/mol. The zero-order chi connectivity index (χ0) is 15.9. The van der Waals surface area contributed by atoms with Crippen LogP contribution in [0.1, 0.15) is 5.56 Å². The average Bonchev–Trinajstić information content (AvgIpc) is 2.51. The minimum absolute atomic E-state index is 0.236. The highest BCUT2D eigenvalue weighted by Crippen LogP contribution is 2.31. The summed E-state index contributed by atoms with van der Waals surface area (Å²) in [6.07, 6.45) is 1.45. The number of hydrogen-bond acceptors (Lipinski definition) is 3. The van der Waals surface area contributed by atoms with Gasteiger partial charge in [-0.2, -0.15) is 5.10 Å². The minimum Gasteiger partial charge on any atom is -0.482 e. The predicted molar refractivity (Wildman–Crippen MR) is 89.1 cm³/mol. The number of nitrogens with zero attached hydrogens (tertiary/aromatic N) is 1. The topological polar surface area (TPSA) is 50.7 Å². The van der Waals surface area contributed by atoms with Crippen LogP contribution in [0.5, 0.6) is 5.75 Å². The van der Waals surface area contributed by atoms with E-state index in [1.165, 1.54) is 6.21 Å². The smallest absolute Gasteiger partial charge is 0.277 e. The Morgan fingerprint density at radius 2 is 1.82 bits per heavy atom. The fraction of sp³-hybridized carbons (Fsp3) is 0.0667. The Kier molecular flexibility index (Phi) is 6.07. The van der Waals surface area contributed by atoms with Gasteiger partial charge < -0.3 is 4.74 Å². The molecule has 114 valence electrons. The van der Waals surface area contributed by atoms with Gasteiger partial charge in [0.05, 0.1) is 11.2 Å².